The summed E-state index contributed by atoms with van der Waals surface area (Å²) in [5.41, 5.74) is 0. The van der Waals surface area contributed by atoms with Gasteiger partial charge in [-0.05, 0) is 25.2 Å². The predicted octanol–water partition coefficient (Wildman–Crippen LogP) is 15.9. The van der Waals surface area contributed by atoms with Crippen LogP contribution >= 0.6 is 0 Å². The number of esters is 3. The van der Waals surface area contributed by atoms with Crippen LogP contribution in [0.15, 0.2) is 0 Å². The second-order valence-corrected chi connectivity index (χ2v) is 17.6. The van der Waals surface area contributed by atoms with Gasteiger partial charge in [-0.15, -0.1) is 0 Å². The van der Waals surface area contributed by atoms with Crippen LogP contribution < -0.4 is 0 Å². The molecule has 0 heterocycles. The molecular weight excluding hydrogens is 697 g/mol. The first-order chi connectivity index (χ1) is 27.4. The maximum absolute atomic E-state index is 12.7. The highest BCUT2D eigenvalue weighted by atomic mass is 16.6. The van der Waals surface area contributed by atoms with E-state index >= 15 is 0 Å². The van der Waals surface area contributed by atoms with Crippen molar-refractivity contribution in [2.24, 2.45) is 5.92 Å². The first-order valence-corrected chi connectivity index (χ1v) is 24.9. The number of ether oxygens (including phenoxy) is 3. The highest BCUT2D eigenvalue weighted by Gasteiger charge is 2.19. The van der Waals surface area contributed by atoms with Gasteiger partial charge in [0.2, 0.25) is 0 Å². The third-order valence-electron chi connectivity index (χ3n) is 11.3. The van der Waals surface area contributed by atoms with Crippen molar-refractivity contribution in [2.45, 2.75) is 284 Å². The Bertz CT molecular complexity index is 841. The molecule has 0 aliphatic heterocycles. The molecule has 0 aromatic heterocycles. The zero-order chi connectivity index (χ0) is 41.0. The van der Waals surface area contributed by atoms with E-state index in [9.17, 15) is 14.4 Å². The standard InChI is InChI=1S/C50H96O6/c1-5-7-9-11-13-15-16-17-18-19-20-21-22-26-29-33-37-41-48(51)54-44-47(56-50(53)43-39-35-31-24-14-12-10-8-6-2)45-55-49(52)42-38-34-30-27-23-25-28-32-36-40-46(3)4/h46-47H,5-45H2,1-4H3/t47-/m1/s1. The zero-order valence-electron chi connectivity index (χ0n) is 38.1. The molecule has 0 rings (SSSR count). The van der Waals surface area contributed by atoms with Gasteiger partial charge < -0.3 is 14.2 Å². The Kier molecular flexibility index (Phi) is 43.2. The largest absolute Gasteiger partial charge is 0.462 e. The van der Waals surface area contributed by atoms with Crippen LogP contribution in [0.25, 0.3) is 0 Å². The lowest BCUT2D eigenvalue weighted by Gasteiger charge is -2.18. The number of hydrogen-bond acceptors (Lipinski definition) is 6. The van der Waals surface area contributed by atoms with Gasteiger partial charge in [0, 0.05) is 19.3 Å². The van der Waals surface area contributed by atoms with E-state index in [4.69, 9.17) is 14.2 Å². The summed E-state index contributed by atoms with van der Waals surface area (Å²) in [4.78, 5) is 37.8. The smallest absolute Gasteiger partial charge is 0.306 e. The average Bonchev–Trinajstić information content (AvgIpc) is 3.18. The van der Waals surface area contributed by atoms with Gasteiger partial charge in [0.15, 0.2) is 6.10 Å². The third-order valence-corrected chi connectivity index (χ3v) is 11.3. The molecule has 332 valence electrons. The molecule has 0 unspecified atom stereocenters. The van der Waals surface area contributed by atoms with E-state index in [1.165, 1.54) is 173 Å². The van der Waals surface area contributed by atoms with Gasteiger partial charge in [-0.3, -0.25) is 14.4 Å². The maximum Gasteiger partial charge on any atom is 0.306 e. The van der Waals surface area contributed by atoms with Crippen LogP contribution in [0.1, 0.15) is 278 Å². The van der Waals surface area contributed by atoms with Crippen LogP contribution in [0.4, 0.5) is 0 Å². The highest BCUT2D eigenvalue weighted by molar-refractivity contribution is 5.71. The van der Waals surface area contributed by atoms with Gasteiger partial charge in [-0.25, -0.2) is 0 Å². The molecule has 0 amide bonds. The van der Waals surface area contributed by atoms with Crippen LogP contribution in [-0.4, -0.2) is 37.2 Å². The second kappa shape index (κ2) is 44.5. The fraction of sp³-hybridized carbons (Fsp3) is 0.940. The van der Waals surface area contributed by atoms with Crippen molar-refractivity contribution in [2.75, 3.05) is 13.2 Å². The summed E-state index contributed by atoms with van der Waals surface area (Å²) in [6.07, 6.45) is 45.2. The SMILES string of the molecule is CCCCCCCCCCCCCCCCCCCC(=O)OC[C@H](COC(=O)CCCCCCCCCCCC(C)C)OC(=O)CCCCCCCCCCC. The van der Waals surface area contributed by atoms with Crippen LogP contribution in [-0.2, 0) is 28.6 Å². The molecular formula is C50H96O6. The third kappa shape index (κ3) is 43.5. The molecule has 0 N–H and O–H groups in total. The molecule has 0 aromatic rings. The summed E-state index contributed by atoms with van der Waals surface area (Å²) in [6, 6.07) is 0. The lowest BCUT2D eigenvalue weighted by molar-refractivity contribution is -0.167. The van der Waals surface area contributed by atoms with Crippen molar-refractivity contribution in [1.29, 1.82) is 0 Å². The van der Waals surface area contributed by atoms with Gasteiger partial charge in [-0.2, -0.15) is 0 Å². The molecule has 0 bridgehead atoms. The van der Waals surface area contributed by atoms with E-state index in [2.05, 4.69) is 27.7 Å². The molecule has 56 heavy (non-hydrogen) atoms. The van der Waals surface area contributed by atoms with Crippen molar-refractivity contribution < 1.29 is 28.6 Å². The topological polar surface area (TPSA) is 78.9 Å². The van der Waals surface area contributed by atoms with Crippen molar-refractivity contribution in [3.8, 4) is 0 Å². The maximum atomic E-state index is 12.7. The average molecular weight is 793 g/mol. The molecule has 0 aliphatic rings. The summed E-state index contributed by atoms with van der Waals surface area (Å²) in [5.74, 6) is -0.0429. The van der Waals surface area contributed by atoms with E-state index < -0.39 is 6.10 Å². The first kappa shape index (κ1) is 54.4. The summed E-state index contributed by atoms with van der Waals surface area (Å²) in [6.45, 7) is 8.98. The molecule has 0 saturated carbocycles. The summed E-state index contributed by atoms with van der Waals surface area (Å²) >= 11 is 0. The summed E-state index contributed by atoms with van der Waals surface area (Å²) in [5, 5.41) is 0. The van der Waals surface area contributed by atoms with Gasteiger partial charge in [0.05, 0.1) is 0 Å². The molecule has 6 nitrogen and oxygen atoms in total. The molecule has 0 aromatic carbocycles. The number of hydrogen-bond donors (Lipinski definition) is 0. The van der Waals surface area contributed by atoms with Crippen LogP contribution in [0.3, 0.4) is 0 Å². The van der Waals surface area contributed by atoms with Gasteiger partial charge in [0.25, 0.3) is 0 Å². The number of carbonyl (C=O) groups excluding carboxylic acids is 3. The van der Waals surface area contributed by atoms with Crippen molar-refractivity contribution in [1.82, 2.24) is 0 Å². The molecule has 0 fully saturated rings. The number of unbranched alkanes of at least 4 members (excludes halogenated alkanes) is 32. The summed E-state index contributed by atoms with van der Waals surface area (Å²) in [7, 11) is 0. The lowest BCUT2D eigenvalue weighted by atomic mass is 10.0. The molecule has 0 aliphatic carbocycles. The van der Waals surface area contributed by atoms with Crippen LogP contribution in [0.2, 0.25) is 0 Å². The van der Waals surface area contributed by atoms with Gasteiger partial charge in [0.1, 0.15) is 13.2 Å². The normalized spacial score (nSPS) is 11.9. The van der Waals surface area contributed by atoms with E-state index in [1.54, 1.807) is 0 Å². The Hall–Kier alpha value is -1.59. The highest BCUT2D eigenvalue weighted by Crippen LogP contribution is 2.17. The lowest BCUT2D eigenvalue weighted by Crippen LogP contribution is -2.30. The minimum Gasteiger partial charge on any atom is -0.462 e. The Morgan fingerprint density at radius 1 is 0.339 bits per heavy atom. The monoisotopic (exact) mass is 793 g/mol. The van der Waals surface area contributed by atoms with Crippen molar-refractivity contribution in [3.63, 3.8) is 0 Å². The zero-order valence-corrected chi connectivity index (χ0v) is 38.1. The first-order valence-electron chi connectivity index (χ1n) is 24.9. The number of rotatable bonds is 45. The molecule has 0 spiro atoms. The van der Waals surface area contributed by atoms with E-state index in [-0.39, 0.29) is 31.1 Å². The molecule has 0 saturated heterocycles. The quantitative estimate of drug-likeness (QED) is 0.0347. The molecule has 0 radical (unpaired) electrons. The van der Waals surface area contributed by atoms with Crippen molar-refractivity contribution in [3.05, 3.63) is 0 Å². The minimum atomic E-state index is -0.759. The van der Waals surface area contributed by atoms with Gasteiger partial charge in [-0.1, -0.05) is 240 Å². The minimum absolute atomic E-state index is 0.0635. The van der Waals surface area contributed by atoms with Crippen molar-refractivity contribution >= 4 is 17.9 Å². The number of carbonyl (C=O) groups is 3. The van der Waals surface area contributed by atoms with E-state index in [0.717, 1.165) is 63.7 Å². The van der Waals surface area contributed by atoms with Crippen LogP contribution in [0, 0.1) is 5.92 Å². The Morgan fingerprint density at radius 2 is 0.589 bits per heavy atom. The fourth-order valence-electron chi connectivity index (χ4n) is 7.51. The fourth-order valence-corrected chi connectivity index (χ4v) is 7.51. The Morgan fingerprint density at radius 3 is 0.875 bits per heavy atom. The molecule has 6 heteroatoms. The predicted molar refractivity (Wildman–Crippen MR) is 238 cm³/mol. The Labute approximate surface area is 348 Å². The summed E-state index contributed by atoms with van der Waals surface area (Å²) < 4.78 is 16.7. The van der Waals surface area contributed by atoms with E-state index in [0.29, 0.717) is 19.3 Å². The Balaban J connectivity index is 4.23. The second-order valence-electron chi connectivity index (χ2n) is 17.6. The van der Waals surface area contributed by atoms with Crippen LogP contribution in [0.5, 0.6) is 0 Å². The van der Waals surface area contributed by atoms with E-state index in [1.807, 2.05) is 0 Å². The molecule has 1 atom stereocenters. The van der Waals surface area contributed by atoms with Gasteiger partial charge >= 0.3 is 17.9 Å².